The van der Waals surface area contributed by atoms with Gasteiger partial charge in [-0.2, -0.15) is 10.2 Å². The molecule has 2 rings (SSSR count). The van der Waals surface area contributed by atoms with Gasteiger partial charge in [0.25, 0.3) is 0 Å². The highest BCUT2D eigenvalue weighted by atomic mass is 16.2. The van der Waals surface area contributed by atoms with Crippen LogP contribution in [-0.2, 0) is 18.4 Å². The summed E-state index contributed by atoms with van der Waals surface area (Å²) in [4.78, 5) is 11.7. The number of aryl methyl sites for hydroxylation is 2. The SMILES string of the molecule is Cc1nn(C)cc1NC(=O)Cn1ccc(N)n1. The number of carbonyl (C=O) groups excluding carboxylic acids is 1. The van der Waals surface area contributed by atoms with E-state index in [0.717, 1.165) is 5.69 Å². The summed E-state index contributed by atoms with van der Waals surface area (Å²) in [5.74, 6) is 0.236. The molecule has 1 amide bonds. The molecule has 3 N–H and O–H groups in total. The van der Waals surface area contributed by atoms with E-state index in [1.807, 2.05) is 6.92 Å². The number of amides is 1. The number of nitrogen functional groups attached to an aromatic ring is 1. The lowest BCUT2D eigenvalue weighted by atomic mass is 10.4. The summed E-state index contributed by atoms with van der Waals surface area (Å²) in [6, 6.07) is 1.64. The van der Waals surface area contributed by atoms with E-state index in [0.29, 0.717) is 11.5 Å². The summed E-state index contributed by atoms with van der Waals surface area (Å²) in [5, 5.41) is 10.8. The average Bonchev–Trinajstić information content (AvgIpc) is 2.74. The largest absolute Gasteiger partial charge is 0.382 e. The van der Waals surface area contributed by atoms with Gasteiger partial charge in [-0.3, -0.25) is 14.2 Å². The van der Waals surface area contributed by atoms with E-state index in [-0.39, 0.29) is 12.5 Å². The molecule has 7 heteroatoms. The number of nitrogens with zero attached hydrogens (tertiary/aromatic N) is 4. The molecule has 0 aromatic carbocycles. The quantitative estimate of drug-likeness (QED) is 0.790. The highest BCUT2D eigenvalue weighted by Gasteiger charge is 2.08. The van der Waals surface area contributed by atoms with Gasteiger partial charge in [0, 0.05) is 19.4 Å². The second-order valence-corrected chi connectivity index (χ2v) is 3.79. The molecule has 0 radical (unpaired) electrons. The topological polar surface area (TPSA) is 90.8 Å². The van der Waals surface area contributed by atoms with Crippen molar-refractivity contribution in [2.24, 2.45) is 7.05 Å². The number of hydrogen-bond acceptors (Lipinski definition) is 4. The second-order valence-electron chi connectivity index (χ2n) is 3.79. The van der Waals surface area contributed by atoms with Gasteiger partial charge in [0.1, 0.15) is 12.4 Å². The molecule has 0 spiro atoms. The number of anilines is 2. The highest BCUT2D eigenvalue weighted by molar-refractivity contribution is 5.90. The van der Waals surface area contributed by atoms with Crippen LogP contribution in [0.1, 0.15) is 5.69 Å². The van der Waals surface area contributed by atoms with Crippen molar-refractivity contribution in [1.82, 2.24) is 19.6 Å². The van der Waals surface area contributed by atoms with Crippen molar-refractivity contribution in [3.05, 3.63) is 24.2 Å². The van der Waals surface area contributed by atoms with Crippen LogP contribution in [0.2, 0.25) is 0 Å². The van der Waals surface area contributed by atoms with Gasteiger partial charge >= 0.3 is 0 Å². The summed E-state index contributed by atoms with van der Waals surface area (Å²) in [7, 11) is 1.80. The smallest absolute Gasteiger partial charge is 0.246 e. The Labute approximate surface area is 98.2 Å². The third kappa shape index (κ3) is 2.63. The van der Waals surface area contributed by atoms with Gasteiger partial charge < -0.3 is 11.1 Å². The van der Waals surface area contributed by atoms with E-state index < -0.39 is 0 Å². The molecule has 0 aliphatic carbocycles. The Morgan fingerprint density at radius 1 is 1.53 bits per heavy atom. The normalized spacial score (nSPS) is 10.5. The standard InChI is InChI=1S/C10H14N6O/c1-7-8(5-15(2)13-7)12-10(17)6-16-4-3-9(11)14-16/h3-5H,6H2,1-2H3,(H2,11,14)(H,12,17). The molecule has 0 aliphatic rings. The molecule has 0 saturated heterocycles. The van der Waals surface area contributed by atoms with Gasteiger partial charge in [-0.25, -0.2) is 0 Å². The molecular weight excluding hydrogens is 220 g/mol. The first-order valence-electron chi connectivity index (χ1n) is 5.13. The fourth-order valence-corrected chi connectivity index (χ4v) is 1.52. The van der Waals surface area contributed by atoms with E-state index in [9.17, 15) is 4.79 Å². The molecule has 17 heavy (non-hydrogen) atoms. The molecule has 0 saturated carbocycles. The second kappa shape index (κ2) is 4.28. The Kier molecular flexibility index (Phi) is 2.82. The van der Waals surface area contributed by atoms with Crippen LogP contribution in [0.5, 0.6) is 0 Å². The predicted octanol–water partition coefficient (Wildman–Crippen LogP) is 0.146. The minimum Gasteiger partial charge on any atom is -0.382 e. The van der Waals surface area contributed by atoms with Gasteiger partial charge in [0.15, 0.2) is 0 Å². The monoisotopic (exact) mass is 234 g/mol. The van der Waals surface area contributed by atoms with E-state index in [4.69, 9.17) is 5.73 Å². The van der Waals surface area contributed by atoms with Crippen molar-refractivity contribution in [2.75, 3.05) is 11.1 Å². The predicted molar refractivity (Wildman–Crippen MR) is 63.2 cm³/mol. The Morgan fingerprint density at radius 2 is 2.29 bits per heavy atom. The van der Waals surface area contributed by atoms with Gasteiger partial charge in [0.2, 0.25) is 5.91 Å². The van der Waals surface area contributed by atoms with E-state index in [1.165, 1.54) is 4.68 Å². The molecule has 0 atom stereocenters. The van der Waals surface area contributed by atoms with Crippen molar-refractivity contribution in [1.29, 1.82) is 0 Å². The summed E-state index contributed by atoms with van der Waals surface area (Å²) < 4.78 is 3.13. The first-order chi connectivity index (χ1) is 8.04. The van der Waals surface area contributed by atoms with Crippen LogP contribution in [0.15, 0.2) is 18.5 Å². The van der Waals surface area contributed by atoms with Crippen molar-refractivity contribution in [3.8, 4) is 0 Å². The highest BCUT2D eigenvalue weighted by Crippen LogP contribution is 2.11. The first kappa shape index (κ1) is 11.2. The maximum Gasteiger partial charge on any atom is 0.246 e. The average molecular weight is 234 g/mol. The number of aromatic nitrogens is 4. The van der Waals surface area contributed by atoms with Crippen molar-refractivity contribution in [3.63, 3.8) is 0 Å². The van der Waals surface area contributed by atoms with Crippen LogP contribution in [0.25, 0.3) is 0 Å². The molecule has 0 fully saturated rings. The van der Waals surface area contributed by atoms with Gasteiger partial charge in [-0.1, -0.05) is 0 Å². The lowest BCUT2D eigenvalue weighted by molar-refractivity contribution is -0.116. The summed E-state index contributed by atoms with van der Waals surface area (Å²) in [6.07, 6.45) is 3.41. The van der Waals surface area contributed by atoms with Crippen LogP contribution in [0, 0.1) is 6.92 Å². The van der Waals surface area contributed by atoms with Crippen LogP contribution < -0.4 is 11.1 Å². The molecule has 0 aliphatic heterocycles. The molecule has 0 bridgehead atoms. The summed E-state index contributed by atoms with van der Waals surface area (Å²) in [5.41, 5.74) is 6.94. The zero-order chi connectivity index (χ0) is 12.4. The number of nitrogens with one attached hydrogen (secondary N) is 1. The Balaban J connectivity index is 2.00. The summed E-state index contributed by atoms with van der Waals surface area (Å²) in [6.45, 7) is 1.97. The minimum absolute atomic E-state index is 0.130. The molecule has 7 nitrogen and oxygen atoms in total. The van der Waals surface area contributed by atoms with E-state index in [2.05, 4.69) is 15.5 Å². The van der Waals surface area contributed by atoms with E-state index >= 15 is 0 Å². The van der Waals surface area contributed by atoms with Crippen molar-refractivity contribution in [2.45, 2.75) is 13.5 Å². The Bertz CT molecular complexity index is 541. The molecule has 0 unspecified atom stereocenters. The molecule has 2 aromatic rings. The van der Waals surface area contributed by atoms with Gasteiger partial charge in [-0.15, -0.1) is 0 Å². The molecular formula is C10H14N6O. The third-order valence-electron chi connectivity index (χ3n) is 2.25. The van der Waals surface area contributed by atoms with Crippen LogP contribution >= 0.6 is 0 Å². The first-order valence-corrected chi connectivity index (χ1v) is 5.13. The van der Waals surface area contributed by atoms with Crippen LogP contribution in [0.3, 0.4) is 0 Å². The lowest BCUT2D eigenvalue weighted by Gasteiger charge is -2.03. The minimum atomic E-state index is -0.163. The fourth-order valence-electron chi connectivity index (χ4n) is 1.52. The molecule has 2 heterocycles. The van der Waals surface area contributed by atoms with Crippen LogP contribution in [-0.4, -0.2) is 25.5 Å². The number of nitrogens with two attached hydrogens (primary N) is 1. The van der Waals surface area contributed by atoms with Crippen LogP contribution in [0.4, 0.5) is 11.5 Å². The zero-order valence-corrected chi connectivity index (χ0v) is 9.71. The maximum atomic E-state index is 11.7. The Hall–Kier alpha value is -2.31. The zero-order valence-electron chi connectivity index (χ0n) is 9.71. The Morgan fingerprint density at radius 3 is 2.82 bits per heavy atom. The van der Waals surface area contributed by atoms with Gasteiger partial charge in [0.05, 0.1) is 11.4 Å². The van der Waals surface area contributed by atoms with E-state index in [1.54, 1.807) is 30.2 Å². The van der Waals surface area contributed by atoms with Crippen molar-refractivity contribution >= 4 is 17.4 Å². The number of hydrogen-bond donors (Lipinski definition) is 2. The van der Waals surface area contributed by atoms with Gasteiger partial charge in [-0.05, 0) is 13.0 Å². The number of carbonyl (C=O) groups is 1. The van der Waals surface area contributed by atoms with Crippen molar-refractivity contribution < 1.29 is 4.79 Å². The lowest BCUT2D eigenvalue weighted by Crippen LogP contribution is -2.19. The summed E-state index contributed by atoms with van der Waals surface area (Å²) >= 11 is 0. The molecule has 90 valence electrons. The third-order valence-corrected chi connectivity index (χ3v) is 2.25. The maximum absolute atomic E-state index is 11.7. The fraction of sp³-hybridized carbons (Fsp3) is 0.300. The number of rotatable bonds is 3. The molecule has 2 aromatic heterocycles.